The fourth-order valence-corrected chi connectivity index (χ4v) is 4.35. The molecule has 4 aromatic rings. The van der Waals surface area contributed by atoms with Crippen LogP contribution in [0.25, 0.3) is 22.3 Å². The molecule has 0 aliphatic heterocycles. The maximum Gasteiger partial charge on any atom is 0.207 e. The Balaban J connectivity index is 1.58. The smallest absolute Gasteiger partial charge is 0.194 e. The van der Waals surface area contributed by atoms with Crippen LogP contribution in [0.2, 0.25) is 0 Å². The van der Waals surface area contributed by atoms with Crippen LogP contribution in [0.4, 0.5) is 0 Å². The highest BCUT2D eigenvalue weighted by Gasteiger charge is 2.19. The van der Waals surface area contributed by atoms with Gasteiger partial charge in [-0.3, -0.25) is 0 Å². The SMILES string of the molecule is Cc1cc(-c2ccccc2)cc(C)[n+]1CC[n+]1c(C)cc(-c2ccccc2)cc1C. The average molecular weight is 395 g/mol. The van der Waals surface area contributed by atoms with Gasteiger partial charge in [0.15, 0.2) is 22.8 Å². The topological polar surface area (TPSA) is 7.76 Å². The first-order valence-electron chi connectivity index (χ1n) is 10.7. The van der Waals surface area contributed by atoms with Crippen LogP contribution in [0.3, 0.4) is 0 Å². The Morgan fingerprint density at radius 2 is 0.733 bits per heavy atom. The fraction of sp³-hybridized carbons (Fsp3) is 0.214. The maximum absolute atomic E-state index is 2.42. The van der Waals surface area contributed by atoms with Crippen LogP contribution in [-0.2, 0) is 13.1 Å². The van der Waals surface area contributed by atoms with Gasteiger partial charge >= 0.3 is 0 Å². The van der Waals surface area contributed by atoms with Crippen LogP contribution in [-0.4, -0.2) is 0 Å². The molecule has 0 bridgehead atoms. The zero-order chi connectivity index (χ0) is 21.1. The largest absolute Gasteiger partial charge is 0.207 e. The summed E-state index contributed by atoms with van der Waals surface area (Å²) in [5.41, 5.74) is 10.3. The summed E-state index contributed by atoms with van der Waals surface area (Å²) in [6.45, 7) is 10.8. The van der Waals surface area contributed by atoms with Gasteiger partial charge in [0.05, 0.1) is 0 Å². The van der Waals surface area contributed by atoms with Gasteiger partial charge in [-0.05, 0) is 22.3 Å². The molecule has 0 aliphatic carbocycles. The summed E-state index contributed by atoms with van der Waals surface area (Å²) in [5.74, 6) is 0. The number of aryl methyl sites for hydroxylation is 4. The molecule has 150 valence electrons. The Hall–Kier alpha value is -3.26. The van der Waals surface area contributed by atoms with E-state index in [0.717, 1.165) is 13.1 Å². The van der Waals surface area contributed by atoms with E-state index in [-0.39, 0.29) is 0 Å². The van der Waals surface area contributed by atoms with Crippen LogP contribution >= 0.6 is 0 Å². The third kappa shape index (κ3) is 4.18. The molecule has 2 aromatic carbocycles. The third-order valence-corrected chi connectivity index (χ3v) is 5.92. The van der Waals surface area contributed by atoms with Gasteiger partial charge in [0.1, 0.15) is 0 Å². The molecule has 30 heavy (non-hydrogen) atoms. The van der Waals surface area contributed by atoms with Gasteiger partial charge in [0.25, 0.3) is 0 Å². The molecule has 2 aromatic heterocycles. The van der Waals surface area contributed by atoms with E-state index in [1.54, 1.807) is 0 Å². The van der Waals surface area contributed by atoms with Crippen molar-refractivity contribution in [1.29, 1.82) is 0 Å². The number of aromatic nitrogens is 2. The van der Waals surface area contributed by atoms with Crippen molar-refractivity contribution < 1.29 is 9.13 Å². The van der Waals surface area contributed by atoms with Crippen LogP contribution in [0.1, 0.15) is 22.8 Å². The number of pyridine rings is 2. The van der Waals surface area contributed by atoms with Gasteiger partial charge in [-0.2, -0.15) is 9.13 Å². The molecule has 2 nitrogen and oxygen atoms in total. The molecule has 0 saturated heterocycles. The van der Waals surface area contributed by atoms with Crippen molar-refractivity contribution in [3.63, 3.8) is 0 Å². The van der Waals surface area contributed by atoms with Crippen LogP contribution < -0.4 is 9.13 Å². The van der Waals surface area contributed by atoms with Gasteiger partial charge in [-0.1, -0.05) is 60.7 Å². The van der Waals surface area contributed by atoms with Crippen molar-refractivity contribution in [2.45, 2.75) is 40.8 Å². The molecule has 0 saturated carbocycles. The molecule has 2 heteroatoms. The molecule has 0 fully saturated rings. The number of rotatable bonds is 5. The zero-order valence-corrected chi connectivity index (χ0v) is 18.4. The molecule has 0 atom stereocenters. The van der Waals surface area contributed by atoms with E-state index in [9.17, 15) is 0 Å². The van der Waals surface area contributed by atoms with E-state index in [2.05, 4.69) is 122 Å². The van der Waals surface area contributed by atoms with Gasteiger partial charge in [0.2, 0.25) is 13.1 Å². The highest BCUT2D eigenvalue weighted by atomic mass is 15.1. The third-order valence-electron chi connectivity index (χ3n) is 5.92. The minimum Gasteiger partial charge on any atom is -0.194 e. The molecule has 4 rings (SSSR count). The second-order valence-corrected chi connectivity index (χ2v) is 8.09. The molecule has 0 aliphatic rings. The maximum atomic E-state index is 2.42. The number of hydrogen-bond donors (Lipinski definition) is 0. The minimum absolute atomic E-state index is 0.962. The lowest BCUT2D eigenvalue weighted by molar-refractivity contribution is -0.788. The Kier molecular flexibility index (Phi) is 5.76. The number of benzene rings is 2. The Morgan fingerprint density at radius 1 is 0.433 bits per heavy atom. The van der Waals surface area contributed by atoms with Crippen molar-refractivity contribution in [3.8, 4) is 22.3 Å². The van der Waals surface area contributed by atoms with Gasteiger partial charge in [-0.15, -0.1) is 0 Å². The van der Waals surface area contributed by atoms with Crippen molar-refractivity contribution in [1.82, 2.24) is 0 Å². The summed E-state index contributed by atoms with van der Waals surface area (Å²) in [7, 11) is 0. The molecular weight excluding hydrogens is 364 g/mol. The second kappa shape index (κ2) is 8.62. The van der Waals surface area contributed by atoms with E-state index >= 15 is 0 Å². The lowest BCUT2D eigenvalue weighted by atomic mass is 10.0. The monoisotopic (exact) mass is 394 g/mol. The molecular formula is C28H30N2+2. The first-order chi connectivity index (χ1) is 14.5. The first kappa shape index (κ1) is 20.0. The van der Waals surface area contributed by atoms with E-state index in [1.807, 2.05) is 0 Å². The zero-order valence-electron chi connectivity index (χ0n) is 18.4. The normalized spacial score (nSPS) is 10.9. The van der Waals surface area contributed by atoms with Crippen molar-refractivity contribution in [3.05, 3.63) is 108 Å². The Labute approximate surface area is 180 Å². The van der Waals surface area contributed by atoms with Gasteiger partial charge in [-0.25, -0.2) is 0 Å². The molecule has 0 spiro atoms. The summed E-state index contributed by atoms with van der Waals surface area (Å²) < 4.78 is 4.84. The predicted molar refractivity (Wildman–Crippen MR) is 123 cm³/mol. The molecule has 2 heterocycles. The molecule has 0 radical (unpaired) electrons. The van der Waals surface area contributed by atoms with E-state index in [4.69, 9.17) is 0 Å². The quantitative estimate of drug-likeness (QED) is 0.393. The fourth-order valence-electron chi connectivity index (χ4n) is 4.35. The first-order valence-corrected chi connectivity index (χ1v) is 10.7. The summed E-state index contributed by atoms with van der Waals surface area (Å²) in [4.78, 5) is 0. The minimum atomic E-state index is 0.962. The molecule has 0 N–H and O–H groups in total. The van der Waals surface area contributed by atoms with Crippen LogP contribution in [0, 0.1) is 27.7 Å². The van der Waals surface area contributed by atoms with Gasteiger partial charge in [0, 0.05) is 52.0 Å². The summed E-state index contributed by atoms with van der Waals surface area (Å²) in [6.07, 6.45) is 0. The van der Waals surface area contributed by atoms with Crippen molar-refractivity contribution >= 4 is 0 Å². The summed E-state index contributed by atoms with van der Waals surface area (Å²) in [5, 5.41) is 0. The predicted octanol–water partition coefficient (Wildman–Crippen LogP) is 5.53. The Bertz CT molecular complexity index is 1020. The lowest BCUT2D eigenvalue weighted by Crippen LogP contribution is -2.50. The van der Waals surface area contributed by atoms with E-state index in [1.165, 1.54) is 45.0 Å². The lowest BCUT2D eigenvalue weighted by Gasteiger charge is -2.09. The van der Waals surface area contributed by atoms with Crippen LogP contribution in [0.5, 0.6) is 0 Å². The standard InChI is InChI=1S/C28H30N2/c1-21-17-27(25-11-7-5-8-12-25)18-22(2)29(21)15-16-30-23(3)19-28(20-24(30)4)26-13-9-6-10-14-26/h5-14,17-20H,15-16H2,1-4H3/q+2. The second-order valence-electron chi connectivity index (χ2n) is 8.09. The van der Waals surface area contributed by atoms with E-state index < -0.39 is 0 Å². The molecule has 0 amide bonds. The highest BCUT2D eigenvalue weighted by Crippen LogP contribution is 2.21. The average Bonchev–Trinajstić information content (AvgIpc) is 2.75. The highest BCUT2D eigenvalue weighted by molar-refractivity contribution is 5.64. The van der Waals surface area contributed by atoms with Crippen molar-refractivity contribution in [2.24, 2.45) is 0 Å². The van der Waals surface area contributed by atoms with E-state index in [0.29, 0.717) is 0 Å². The Morgan fingerprint density at radius 3 is 1.03 bits per heavy atom. The number of nitrogens with zero attached hydrogens (tertiary/aromatic N) is 2. The number of hydrogen-bond acceptors (Lipinski definition) is 0. The van der Waals surface area contributed by atoms with Gasteiger partial charge < -0.3 is 0 Å². The van der Waals surface area contributed by atoms with Crippen LogP contribution in [0.15, 0.2) is 84.9 Å². The summed E-state index contributed by atoms with van der Waals surface area (Å²) in [6, 6.07) is 30.4. The van der Waals surface area contributed by atoms with Crippen molar-refractivity contribution in [2.75, 3.05) is 0 Å². The molecule has 0 unspecified atom stereocenters. The summed E-state index contributed by atoms with van der Waals surface area (Å²) >= 11 is 0.